The molecule has 0 radical (unpaired) electrons. The van der Waals surface area contributed by atoms with Gasteiger partial charge < -0.3 is 19.4 Å². The van der Waals surface area contributed by atoms with E-state index in [1.165, 1.54) is 11.3 Å². The van der Waals surface area contributed by atoms with Crippen LogP contribution in [0.3, 0.4) is 0 Å². The number of aromatic nitrogens is 3. The summed E-state index contributed by atoms with van der Waals surface area (Å²) in [6.45, 7) is 4.49. The Morgan fingerprint density at radius 2 is 2.15 bits per heavy atom. The van der Waals surface area contributed by atoms with Crippen molar-refractivity contribution in [3.8, 4) is 17.1 Å². The minimum Gasteiger partial charge on any atom is -0.497 e. The number of fused-ring (bicyclic) bond motifs is 1. The molecule has 1 atom stereocenters. The van der Waals surface area contributed by atoms with E-state index in [0.717, 1.165) is 16.9 Å². The first-order chi connectivity index (χ1) is 16.0. The summed E-state index contributed by atoms with van der Waals surface area (Å²) in [6, 6.07) is 7.22. The van der Waals surface area contributed by atoms with Gasteiger partial charge in [-0.1, -0.05) is 12.1 Å². The number of amides is 2. The number of imidazole rings is 1. The maximum atomic E-state index is 13.3. The second-order valence-electron chi connectivity index (χ2n) is 7.90. The number of carbonyl (C=O) groups excluding carboxylic acids is 2. The molecule has 2 amide bonds. The number of rotatable bonds is 6. The van der Waals surface area contributed by atoms with E-state index >= 15 is 0 Å². The smallest absolute Gasteiger partial charge is 0.276 e. The van der Waals surface area contributed by atoms with Crippen LogP contribution in [-0.2, 0) is 0 Å². The maximum Gasteiger partial charge on any atom is 0.276 e. The normalized spacial score (nSPS) is 15.5. The van der Waals surface area contributed by atoms with E-state index in [1.807, 2.05) is 42.8 Å². The van der Waals surface area contributed by atoms with Crippen molar-refractivity contribution < 1.29 is 18.7 Å². The first-order valence-electron chi connectivity index (χ1n) is 10.6. The average Bonchev–Trinajstić information content (AvgIpc) is 3.47. The van der Waals surface area contributed by atoms with Crippen LogP contribution in [0.25, 0.3) is 16.3 Å². The molecule has 0 spiro atoms. The van der Waals surface area contributed by atoms with Gasteiger partial charge in [-0.2, -0.15) is 0 Å². The van der Waals surface area contributed by atoms with Crippen LogP contribution >= 0.6 is 11.3 Å². The molecule has 1 unspecified atom stereocenters. The zero-order valence-corrected chi connectivity index (χ0v) is 19.3. The van der Waals surface area contributed by atoms with Crippen molar-refractivity contribution in [3.05, 3.63) is 58.8 Å². The lowest BCUT2D eigenvalue weighted by Crippen LogP contribution is -2.56. The number of likely N-dealkylation sites (tertiary alicyclic amines) is 1. The predicted octanol–water partition coefficient (Wildman–Crippen LogP) is 3.32. The largest absolute Gasteiger partial charge is 0.497 e. The lowest BCUT2D eigenvalue weighted by molar-refractivity contribution is 0.0450. The van der Waals surface area contributed by atoms with E-state index in [9.17, 15) is 9.59 Å². The number of benzene rings is 1. The summed E-state index contributed by atoms with van der Waals surface area (Å²) in [7, 11) is 1.59. The number of carbonyl (C=O) groups is 2. The standard InChI is InChI=1S/C23H23N5O4S/c1-13-19(28-9-10-33-23(28)25-13)21(29)24-12-16-7-8-27(16)22(30)18-20(32-14(2)26-18)15-5-4-6-17(11-15)31-3/h4-6,9-11,16H,7-8,12H2,1-3H3,(H,24,29). The first-order valence-corrected chi connectivity index (χ1v) is 11.5. The zero-order chi connectivity index (χ0) is 23.1. The van der Waals surface area contributed by atoms with E-state index in [-0.39, 0.29) is 23.6 Å². The fourth-order valence-corrected chi connectivity index (χ4v) is 4.81. The van der Waals surface area contributed by atoms with Crippen LogP contribution < -0.4 is 10.1 Å². The average molecular weight is 466 g/mol. The van der Waals surface area contributed by atoms with Gasteiger partial charge in [-0.3, -0.25) is 14.0 Å². The van der Waals surface area contributed by atoms with Gasteiger partial charge in [0, 0.05) is 37.2 Å². The molecular formula is C23H23N5O4S. The van der Waals surface area contributed by atoms with Gasteiger partial charge >= 0.3 is 0 Å². The molecule has 1 aromatic carbocycles. The zero-order valence-electron chi connectivity index (χ0n) is 18.5. The Labute approximate surface area is 194 Å². The van der Waals surface area contributed by atoms with Crippen LogP contribution in [0.4, 0.5) is 0 Å². The summed E-state index contributed by atoms with van der Waals surface area (Å²) >= 11 is 1.48. The molecular weight excluding hydrogens is 442 g/mol. The topological polar surface area (TPSA) is 102 Å². The molecule has 1 aliphatic heterocycles. The lowest BCUT2D eigenvalue weighted by atomic mass is 10.0. The van der Waals surface area contributed by atoms with E-state index in [2.05, 4.69) is 15.3 Å². The van der Waals surface area contributed by atoms with E-state index in [1.54, 1.807) is 23.3 Å². The van der Waals surface area contributed by atoms with Crippen molar-refractivity contribution in [1.82, 2.24) is 24.6 Å². The van der Waals surface area contributed by atoms with E-state index in [0.29, 0.717) is 41.9 Å². The molecule has 170 valence electrons. The number of methoxy groups -OCH3 is 1. The molecule has 1 aliphatic rings. The molecule has 1 saturated heterocycles. The Bertz CT molecular complexity index is 1350. The van der Waals surface area contributed by atoms with Crippen LogP contribution in [0, 0.1) is 13.8 Å². The monoisotopic (exact) mass is 465 g/mol. The number of oxazole rings is 1. The van der Waals surface area contributed by atoms with Crippen molar-refractivity contribution >= 4 is 28.1 Å². The van der Waals surface area contributed by atoms with Crippen LogP contribution in [0.2, 0.25) is 0 Å². The number of hydrogen-bond donors (Lipinski definition) is 1. The van der Waals surface area contributed by atoms with Crippen molar-refractivity contribution in [3.63, 3.8) is 0 Å². The number of hydrogen-bond acceptors (Lipinski definition) is 7. The number of aryl methyl sites for hydroxylation is 2. The van der Waals surface area contributed by atoms with Crippen molar-refractivity contribution in [2.24, 2.45) is 0 Å². The van der Waals surface area contributed by atoms with Crippen LogP contribution in [-0.4, -0.2) is 57.3 Å². The number of nitrogens with zero attached hydrogens (tertiary/aromatic N) is 4. The summed E-state index contributed by atoms with van der Waals surface area (Å²) in [5.74, 6) is 1.08. The van der Waals surface area contributed by atoms with Gasteiger partial charge in [-0.15, -0.1) is 11.3 Å². The highest BCUT2D eigenvalue weighted by Crippen LogP contribution is 2.30. The number of ether oxygens (including phenoxy) is 1. The van der Waals surface area contributed by atoms with Gasteiger partial charge in [0.25, 0.3) is 11.8 Å². The predicted molar refractivity (Wildman–Crippen MR) is 123 cm³/mol. The highest BCUT2D eigenvalue weighted by molar-refractivity contribution is 7.15. The van der Waals surface area contributed by atoms with E-state index in [4.69, 9.17) is 9.15 Å². The molecule has 0 bridgehead atoms. The molecule has 4 aromatic rings. The third-order valence-corrected chi connectivity index (χ3v) is 6.58. The fraction of sp³-hybridized carbons (Fsp3) is 0.304. The Hall–Kier alpha value is -3.66. The number of thiazole rings is 1. The molecule has 5 rings (SSSR count). The third kappa shape index (κ3) is 3.76. The molecule has 1 fully saturated rings. The first kappa shape index (κ1) is 21.2. The molecule has 9 nitrogen and oxygen atoms in total. The van der Waals surface area contributed by atoms with Gasteiger partial charge in [-0.25, -0.2) is 9.97 Å². The molecule has 3 aromatic heterocycles. The van der Waals surface area contributed by atoms with Crippen LogP contribution in [0.1, 0.15) is 39.0 Å². The van der Waals surface area contributed by atoms with Gasteiger partial charge in [0.15, 0.2) is 22.3 Å². The van der Waals surface area contributed by atoms with Gasteiger partial charge in [0.1, 0.15) is 11.4 Å². The SMILES string of the molecule is COc1cccc(-c2oc(C)nc2C(=O)N2CCC2CNC(=O)c2c(C)nc3sccn23)c1. The summed E-state index contributed by atoms with van der Waals surface area (Å²) in [6.07, 6.45) is 2.64. The minimum atomic E-state index is -0.212. The summed E-state index contributed by atoms with van der Waals surface area (Å²) in [4.78, 5) is 37.4. The Morgan fingerprint density at radius 3 is 2.91 bits per heavy atom. The van der Waals surface area contributed by atoms with Crippen LogP contribution in [0.15, 0.2) is 40.3 Å². The lowest BCUT2D eigenvalue weighted by Gasteiger charge is -2.40. The van der Waals surface area contributed by atoms with Crippen molar-refractivity contribution in [1.29, 1.82) is 0 Å². The molecule has 0 aliphatic carbocycles. The Kier molecular flexibility index (Phi) is 5.37. The van der Waals surface area contributed by atoms with E-state index < -0.39 is 0 Å². The molecule has 0 saturated carbocycles. The highest BCUT2D eigenvalue weighted by atomic mass is 32.1. The Morgan fingerprint density at radius 1 is 1.30 bits per heavy atom. The maximum absolute atomic E-state index is 13.3. The Balaban J connectivity index is 1.31. The number of nitrogens with one attached hydrogen (secondary N) is 1. The second-order valence-corrected chi connectivity index (χ2v) is 8.77. The quantitative estimate of drug-likeness (QED) is 0.469. The minimum absolute atomic E-state index is 0.109. The molecule has 33 heavy (non-hydrogen) atoms. The van der Waals surface area contributed by atoms with Crippen LogP contribution in [0.5, 0.6) is 5.75 Å². The van der Waals surface area contributed by atoms with Gasteiger partial charge in [-0.05, 0) is 25.5 Å². The molecule has 1 N–H and O–H groups in total. The highest BCUT2D eigenvalue weighted by Gasteiger charge is 2.36. The van der Waals surface area contributed by atoms with Gasteiger partial charge in [0.05, 0.1) is 18.8 Å². The molecule has 4 heterocycles. The van der Waals surface area contributed by atoms with Gasteiger partial charge in [0.2, 0.25) is 0 Å². The van der Waals surface area contributed by atoms with Crippen molar-refractivity contribution in [2.75, 3.05) is 20.2 Å². The second kappa shape index (κ2) is 8.36. The summed E-state index contributed by atoms with van der Waals surface area (Å²) in [5, 5.41) is 4.86. The fourth-order valence-electron chi connectivity index (χ4n) is 4.05. The van der Waals surface area contributed by atoms with Crippen molar-refractivity contribution in [2.45, 2.75) is 26.3 Å². The summed E-state index contributed by atoms with van der Waals surface area (Å²) in [5.41, 5.74) is 2.20. The third-order valence-electron chi connectivity index (χ3n) is 5.82. The summed E-state index contributed by atoms with van der Waals surface area (Å²) < 4.78 is 12.9. The molecule has 10 heteroatoms.